The summed E-state index contributed by atoms with van der Waals surface area (Å²) < 4.78 is 11.7. The van der Waals surface area contributed by atoms with E-state index in [-0.39, 0.29) is 0 Å². The van der Waals surface area contributed by atoms with Gasteiger partial charge in [-0.25, -0.2) is 15.0 Å². The van der Waals surface area contributed by atoms with Gasteiger partial charge >= 0.3 is 0 Å². The van der Waals surface area contributed by atoms with Gasteiger partial charge in [-0.3, -0.25) is 0 Å². The van der Waals surface area contributed by atoms with Crippen LogP contribution in [0, 0.1) is 0 Å². The number of para-hydroxylation sites is 3. The summed E-state index contributed by atoms with van der Waals surface area (Å²) in [4.78, 5) is 15.8. The van der Waals surface area contributed by atoms with Crippen LogP contribution in [-0.4, -0.2) is 24.1 Å². The van der Waals surface area contributed by atoms with Crippen molar-refractivity contribution in [1.82, 2.24) is 24.1 Å². The molecular formula is C59H35N5O. The van der Waals surface area contributed by atoms with E-state index in [4.69, 9.17) is 19.4 Å². The molecule has 0 N–H and O–H groups in total. The zero-order valence-electron chi connectivity index (χ0n) is 34.9. The minimum Gasteiger partial charge on any atom is -0.455 e. The molecule has 0 atom stereocenters. The van der Waals surface area contributed by atoms with Crippen molar-refractivity contribution < 1.29 is 4.42 Å². The number of rotatable bonds is 5. The van der Waals surface area contributed by atoms with Gasteiger partial charge in [-0.15, -0.1) is 0 Å². The molecule has 0 spiro atoms. The average molecular weight is 830 g/mol. The largest absolute Gasteiger partial charge is 0.455 e. The summed E-state index contributed by atoms with van der Waals surface area (Å²) >= 11 is 0. The zero-order valence-corrected chi connectivity index (χ0v) is 34.9. The number of nitrogens with zero attached hydrogens (tertiary/aromatic N) is 5. The maximum absolute atomic E-state index is 6.91. The number of aromatic nitrogens is 5. The molecule has 6 heteroatoms. The fraction of sp³-hybridized carbons (Fsp3) is 0. The standard InChI is InChI=1S/C59H35N5O/c1-3-16-36(17-4-1)57-60-58(39-30-31-51-46(33-39)42-23-11-13-27-49(42)63(51)40-20-5-2-6-21-40)62-59(61-57)45-26-15-29-54-55(45)48-35-53(41-22-9-10-25-44(41)56(48)65-54)64-50-28-14-12-24-43(50)47-32-37-18-7-8-19-38(37)34-52(47)64/h1-35H. The van der Waals surface area contributed by atoms with Crippen LogP contribution in [0.15, 0.2) is 217 Å². The van der Waals surface area contributed by atoms with E-state index in [1.807, 2.05) is 24.3 Å². The fourth-order valence-corrected chi connectivity index (χ4v) is 10.2. The highest BCUT2D eigenvalue weighted by Crippen LogP contribution is 2.44. The molecule has 0 unspecified atom stereocenters. The van der Waals surface area contributed by atoms with Crippen molar-refractivity contribution in [3.05, 3.63) is 212 Å². The van der Waals surface area contributed by atoms with Gasteiger partial charge in [0.2, 0.25) is 0 Å². The summed E-state index contributed by atoms with van der Waals surface area (Å²) in [5, 5.41) is 11.2. The van der Waals surface area contributed by atoms with Gasteiger partial charge in [0.05, 0.1) is 27.8 Å². The number of hydrogen-bond donors (Lipinski definition) is 0. The smallest absolute Gasteiger partial charge is 0.164 e. The SMILES string of the molecule is c1ccc(-c2nc(-c3ccc4c(c3)c3ccccc3n4-c3ccccc3)nc(-c3cccc4oc5c6ccccc6c(-n6c7ccccc7c7cc8ccccc8cc76)cc5c34)n2)cc1. The Bertz CT molecular complexity index is 4240. The van der Waals surface area contributed by atoms with Crippen molar-refractivity contribution in [3.8, 4) is 45.5 Å². The van der Waals surface area contributed by atoms with E-state index >= 15 is 0 Å². The van der Waals surface area contributed by atoms with Crippen LogP contribution in [0.2, 0.25) is 0 Å². The topological polar surface area (TPSA) is 61.7 Å². The van der Waals surface area contributed by atoms with Crippen molar-refractivity contribution in [3.63, 3.8) is 0 Å². The average Bonchev–Trinajstić information content (AvgIpc) is 4.03. The van der Waals surface area contributed by atoms with E-state index in [1.165, 1.54) is 26.9 Å². The van der Waals surface area contributed by atoms with Crippen molar-refractivity contribution in [2.24, 2.45) is 0 Å². The first-order chi connectivity index (χ1) is 32.2. The van der Waals surface area contributed by atoms with Crippen LogP contribution in [0.4, 0.5) is 0 Å². The van der Waals surface area contributed by atoms with Crippen LogP contribution >= 0.6 is 0 Å². The highest BCUT2D eigenvalue weighted by atomic mass is 16.3. The first-order valence-electron chi connectivity index (χ1n) is 21.9. The quantitative estimate of drug-likeness (QED) is 0.173. The normalized spacial score (nSPS) is 12.0. The Morgan fingerprint density at radius 3 is 1.69 bits per heavy atom. The second-order valence-electron chi connectivity index (χ2n) is 16.8. The van der Waals surface area contributed by atoms with Gasteiger partial charge in [0.15, 0.2) is 17.5 Å². The van der Waals surface area contributed by atoms with E-state index in [9.17, 15) is 0 Å². The zero-order chi connectivity index (χ0) is 42.6. The lowest BCUT2D eigenvalue weighted by atomic mass is 10.0. The van der Waals surface area contributed by atoms with Crippen LogP contribution < -0.4 is 0 Å². The lowest BCUT2D eigenvalue weighted by molar-refractivity contribution is 0.672. The number of benzene rings is 10. The second-order valence-corrected chi connectivity index (χ2v) is 16.8. The maximum Gasteiger partial charge on any atom is 0.164 e. The molecule has 0 saturated heterocycles. The highest BCUT2D eigenvalue weighted by Gasteiger charge is 2.23. The Labute approximate surface area is 371 Å². The lowest BCUT2D eigenvalue weighted by Crippen LogP contribution is -2.00. The Morgan fingerprint density at radius 2 is 0.923 bits per heavy atom. The van der Waals surface area contributed by atoms with E-state index in [0.717, 1.165) is 88.2 Å². The molecule has 6 nitrogen and oxygen atoms in total. The van der Waals surface area contributed by atoms with Gasteiger partial charge in [0.25, 0.3) is 0 Å². The van der Waals surface area contributed by atoms with Crippen molar-refractivity contribution >= 4 is 87.1 Å². The summed E-state index contributed by atoms with van der Waals surface area (Å²) in [6, 6.07) is 74.9. The molecule has 0 fully saturated rings. The molecule has 10 aromatic carbocycles. The van der Waals surface area contributed by atoms with E-state index in [2.05, 4.69) is 197 Å². The first-order valence-corrected chi connectivity index (χ1v) is 21.9. The van der Waals surface area contributed by atoms with Crippen molar-refractivity contribution in [2.45, 2.75) is 0 Å². The number of furan rings is 1. The Kier molecular flexibility index (Phi) is 7.59. The summed E-state index contributed by atoms with van der Waals surface area (Å²) in [7, 11) is 0. The summed E-state index contributed by atoms with van der Waals surface area (Å²) in [6.45, 7) is 0. The molecule has 0 aliphatic rings. The molecule has 0 radical (unpaired) electrons. The summed E-state index contributed by atoms with van der Waals surface area (Å²) in [5.74, 6) is 1.78. The molecule has 0 bridgehead atoms. The molecule has 65 heavy (non-hydrogen) atoms. The fourth-order valence-electron chi connectivity index (χ4n) is 10.2. The molecule has 302 valence electrons. The molecular weight excluding hydrogens is 795 g/mol. The van der Waals surface area contributed by atoms with Gasteiger partial charge in [-0.05, 0) is 77.5 Å². The predicted octanol–water partition coefficient (Wildman–Crippen LogP) is 15.3. The van der Waals surface area contributed by atoms with E-state index < -0.39 is 0 Å². The minimum atomic E-state index is 0.576. The van der Waals surface area contributed by atoms with E-state index in [0.29, 0.717) is 17.5 Å². The van der Waals surface area contributed by atoms with Crippen molar-refractivity contribution in [1.29, 1.82) is 0 Å². The lowest BCUT2D eigenvalue weighted by Gasteiger charge is -2.13. The summed E-state index contributed by atoms with van der Waals surface area (Å²) in [5.41, 5.74) is 11.1. The molecule has 14 aromatic rings. The highest BCUT2D eigenvalue weighted by molar-refractivity contribution is 6.22. The molecule has 0 aliphatic heterocycles. The number of fused-ring (bicyclic) bond motifs is 12. The third kappa shape index (κ3) is 5.38. The molecule has 4 heterocycles. The Balaban J connectivity index is 1.03. The van der Waals surface area contributed by atoms with Crippen molar-refractivity contribution in [2.75, 3.05) is 0 Å². The maximum atomic E-state index is 6.91. The number of hydrogen-bond acceptors (Lipinski definition) is 4. The van der Waals surface area contributed by atoms with Gasteiger partial charge < -0.3 is 13.6 Å². The summed E-state index contributed by atoms with van der Waals surface area (Å²) in [6.07, 6.45) is 0. The minimum absolute atomic E-state index is 0.576. The van der Waals surface area contributed by atoms with Crippen LogP contribution in [0.1, 0.15) is 0 Å². The third-order valence-corrected chi connectivity index (χ3v) is 13.1. The van der Waals surface area contributed by atoms with Gasteiger partial charge in [0.1, 0.15) is 11.2 Å². The molecule has 0 amide bonds. The Morgan fingerprint density at radius 1 is 0.338 bits per heavy atom. The van der Waals surface area contributed by atoms with Crippen LogP contribution in [-0.2, 0) is 0 Å². The third-order valence-electron chi connectivity index (χ3n) is 13.1. The molecule has 14 rings (SSSR count). The predicted molar refractivity (Wildman–Crippen MR) is 267 cm³/mol. The van der Waals surface area contributed by atoms with Gasteiger partial charge in [-0.2, -0.15) is 0 Å². The molecule has 0 saturated carbocycles. The Hall–Kier alpha value is -8.87. The van der Waals surface area contributed by atoms with E-state index in [1.54, 1.807) is 0 Å². The van der Waals surface area contributed by atoms with Gasteiger partial charge in [0, 0.05) is 65.5 Å². The van der Waals surface area contributed by atoms with Gasteiger partial charge in [-0.1, -0.05) is 146 Å². The molecule has 4 aromatic heterocycles. The monoisotopic (exact) mass is 829 g/mol. The van der Waals surface area contributed by atoms with Crippen LogP contribution in [0.25, 0.3) is 133 Å². The first kappa shape index (κ1) is 35.7. The van der Waals surface area contributed by atoms with Crippen LogP contribution in [0.5, 0.6) is 0 Å². The second kappa shape index (κ2) is 13.8. The van der Waals surface area contributed by atoms with Crippen LogP contribution in [0.3, 0.4) is 0 Å². The molecule has 0 aliphatic carbocycles.